The van der Waals surface area contributed by atoms with Crippen molar-refractivity contribution < 1.29 is 32.7 Å². The van der Waals surface area contributed by atoms with E-state index in [0.29, 0.717) is 17.9 Å². The van der Waals surface area contributed by atoms with Crippen molar-refractivity contribution in [2.45, 2.75) is 69.6 Å². The summed E-state index contributed by atoms with van der Waals surface area (Å²) in [7, 11) is 1.23. The molecule has 40 heavy (non-hydrogen) atoms. The van der Waals surface area contributed by atoms with Gasteiger partial charge in [-0.05, 0) is 42.5 Å². The van der Waals surface area contributed by atoms with Crippen molar-refractivity contribution in [2.75, 3.05) is 7.11 Å². The van der Waals surface area contributed by atoms with Gasteiger partial charge in [-0.15, -0.1) is 0 Å². The monoisotopic (exact) mass is 575 g/mol. The molecule has 8 nitrogen and oxygen atoms in total. The lowest BCUT2D eigenvalue weighted by Crippen LogP contribution is -2.53. The fourth-order valence-corrected chi connectivity index (χ4v) is 5.05. The van der Waals surface area contributed by atoms with E-state index >= 15 is 0 Å². The van der Waals surface area contributed by atoms with Gasteiger partial charge in [0.1, 0.15) is 12.1 Å². The minimum absolute atomic E-state index is 0.0289. The van der Waals surface area contributed by atoms with Gasteiger partial charge in [0.2, 0.25) is 17.7 Å². The molecule has 1 aliphatic carbocycles. The van der Waals surface area contributed by atoms with E-state index in [4.69, 9.17) is 16.3 Å². The van der Waals surface area contributed by atoms with Gasteiger partial charge in [-0.25, -0.2) is 13.6 Å². The number of hydrogen-bond acceptors (Lipinski definition) is 5. The first-order chi connectivity index (χ1) is 19.1. The SMILES string of the molecule is COC(=O)[C@H](Cc1ccc(Cl)cc1)NC(=O)[C@H](CC1CC1)NC(=O)C[C@@H]1CCC(=O)N1Cc1cccc(F)c1F. The number of ether oxygens (including phenoxy) is 1. The maximum absolute atomic E-state index is 14.2. The lowest BCUT2D eigenvalue weighted by molar-refractivity contribution is -0.145. The Morgan fingerprint density at radius 1 is 1.05 bits per heavy atom. The number of carbonyl (C=O) groups excluding carboxylic acids is 4. The summed E-state index contributed by atoms with van der Waals surface area (Å²) in [6.07, 6.45) is 2.94. The van der Waals surface area contributed by atoms with Gasteiger partial charge in [0.15, 0.2) is 11.6 Å². The average Bonchev–Trinajstić information content (AvgIpc) is 3.69. The maximum Gasteiger partial charge on any atom is 0.328 e. The molecule has 0 radical (unpaired) electrons. The number of amides is 3. The molecule has 1 saturated heterocycles. The lowest BCUT2D eigenvalue weighted by atomic mass is 10.0. The highest BCUT2D eigenvalue weighted by molar-refractivity contribution is 6.30. The van der Waals surface area contributed by atoms with Gasteiger partial charge >= 0.3 is 5.97 Å². The third-order valence-corrected chi connectivity index (χ3v) is 7.57. The van der Waals surface area contributed by atoms with Gasteiger partial charge < -0.3 is 20.3 Å². The third kappa shape index (κ3) is 7.78. The standard InChI is InChI=1S/C29H32ClF2N3O5/c1-40-29(39)24(14-18-7-9-20(30)10-8-18)34-28(38)23(13-17-5-6-17)33-25(36)15-21-11-12-26(37)35(21)16-19-3-2-4-22(31)27(19)32/h2-4,7-10,17,21,23-24H,5-6,11-16H2,1H3,(H,33,36)(H,34,38)/t21-,23-,24-/m0/s1. The number of methoxy groups -OCH3 is 1. The van der Waals surface area contributed by atoms with Gasteiger partial charge in [0.25, 0.3) is 0 Å². The van der Waals surface area contributed by atoms with Crippen molar-refractivity contribution in [1.29, 1.82) is 0 Å². The van der Waals surface area contributed by atoms with Gasteiger partial charge in [-0.1, -0.05) is 48.7 Å². The number of likely N-dealkylation sites (tertiary alicyclic amines) is 1. The van der Waals surface area contributed by atoms with Crippen LogP contribution in [-0.2, 0) is 36.9 Å². The van der Waals surface area contributed by atoms with E-state index in [0.717, 1.165) is 24.5 Å². The highest BCUT2D eigenvalue weighted by Gasteiger charge is 2.36. The van der Waals surface area contributed by atoms with Crippen LogP contribution >= 0.6 is 11.6 Å². The number of carbonyl (C=O) groups is 4. The van der Waals surface area contributed by atoms with Crippen LogP contribution in [0.15, 0.2) is 42.5 Å². The zero-order chi connectivity index (χ0) is 28.8. The topological polar surface area (TPSA) is 105 Å². The van der Waals surface area contributed by atoms with Gasteiger partial charge in [0.05, 0.1) is 7.11 Å². The molecule has 11 heteroatoms. The Morgan fingerprint density at radius 2 is 1.77 bits per heavy atom. The predicted molar refractivity (Wildman–Crippen MR) is 143 cm³/mol. The van der Waals surface area contributed by atoms with Crippen molar-refractivity contribution >= 4 is 35.3 Å². The number of benzene rings is 2. The van der Waals surface area contributed by atoms with Gasteiger partial charge in [0, 0.05) is 42.4 Å². The molecule has 0 bridgehead atoms. The largest absolute Gasteiger partial charge is 0.467 e. The molecule has 1 heterocycles. The number of nitrogens with zero attached hydrogens (tertiary/aromatic N) is 1. The zero-order valence-corrected chi connectivity index (χ0v) is 22.9. The molecule has 2 aromatic rings. The summed E-state index contributed by atoms with van der Waals surface area (Å²) in [5.74, 6) is -3.58. The molecule has 1 aliphatic heterocycles. The van der Waals surface area contributed by atoms with Crippen LogP contribution in [-0.4, -0.2) is 53.8 Å². The normalized spacial score (nSPS) is 18.2. The van der Waals surface area contributed by atoms with Crippen LogP contribution in [0.25, 0.3) is 0 Å². The maximum atomic E-state index is 14.2. The van der Waals surface area contributed by atoms with E-state index < -0.39 is 47.5 Å². The summed E-state index contributed by atoms with van der Waals surface area (Å²) in [5.41, 5.74) is 0.796. The van der Waals surface area contributed by atoms with E-state index in [1.807, 2.05) is 0 Å². The molecule has 0 aromatic heterocycles. The van der Waals surface area contributed by atoms with Crippen LogP contribution in [0.5, 0.6) is 0 Å². The number of rotatable bonds is 12. The Hall–Kier alpha value is -3.53. The summed E-state index contributed by atoms with van der Waals surface area (Å²) in [5, 5.41) is 6.04. The predicted octanol–water partition coefficient (Wildman–Crippen LogP) is 3.68. The van der Waals surface area contributed by atoms with E-state index in [1.54, 1.807) is 24.3 Å². The first-order valence-corrected chi connectivity index (χ1v) is 13.7. The Morgan fingerprint density at radius 3 is 2.45 bits per heavy atom. The van der Waals surface area contributed by atoms with Crippen LogP contribution in [0.3, 0.4) is 0 Å². The number of halogens is 3. The van der Waals surface area contributed by atoms with Crippen molar-refractivity contribution in [3.8, 4) is 0 Å². The Kier molecular flexibility index (Phi) is 9.73. The second kappa shape index (κ2) is 13.2. The minimum Gasteiger partial charge on any atom is -0.467 e. The van der Waals surface area contributed by atoms with E-state index in [2.05, 4.69) is 10.6 Å². The Balaban J connectivity index is 1.40. The molecule has 2 aliphatic rings. The molecule has 2 fully saturated rings. The Labute approximate surface area is 236 Å². The highest BCUT2D eigenvalue weighted by atomic mass is 35.5. The molecule has 3 atom stereocenters. The second-order valence-electron chi connectivity index (χ2n) is 10.3. The van der Waals surface area contributed by atoms with E-state index in [1.165, 1.54) is 24.1 Å². The van der Waals surface area contributed by atoms with E-state index in [9.17, 15) is 28.0 Å². The van der Waals surface area contributed by atoms with Crippen LogP contribution in [0.4, 0.5) is 8.78 Å². The van der Waals surface area contributed by atoms with Gasteiger partial charge in [-0.2, -0.15) is 0 Å². The zero-order valence-electron chi connectivity index (χ0n) is 22.1. The number of esters is 1. The molecule has 0 unspecified atom stereocenters. The minimum atomic E-state index is -1.02. The molecule has 0 spiro atoms. The Bertz CT molecular complexity index is 1250. The summed E-state index contributed by atoms with van der Waals surface area (Å²) < 4.78 is 32.8. The quantitative estimate of drug-likeness (QED) is 0.376. The van der Waals surface area contributed by atoms with Crippen LogP contribution in [0, 0.1) is 17.6 Å². The van der Waals surface area contributed by atoms with Crippen molar-refractivity contribution in [2.24, 2.45) is 5.92 Å². The molecular weight excluding hydrogens is 544 g/mol. The summed E-state index contributed by atoms with van der Waals surface area (Å²) in [4.78, 5) is 52.7. The summed E-state index contributed by atoms with van der Waals surface area (Å²) in [6.45, 7) is -0.155. The van der Waals surface area contributed by atoms with Crippen molar-refractivity contribution in [3.05, 3.63) is 70.2 Å². The summed E-state index contributed by atoms with van der Waals surface area (Å²) in [6, 6.07) is 8.26. The highest BCUT2D eigenvalue weighted by Crippen LogP contribution is 2.34. The molecule has 2 aromatic carbocycles. The number of nitrogens with one attached hydrogen (secondary N) is 2. The first-order valence-electron chi connectivity index (χ1n) is 13.3. The van der Waals surface area contributed by atoms with E-state index in [-0.39, 0.29) is 43.2 Å². The fraction of sp³-hybridized carbons (Fsp3) is 0.448. The summed E-state index contributed by atoms with van der Waals surface area (Å²) >= 11 is 5.94. The smallest absolute Gasteiger partial charge is 0.328 e. The van der Waals surface area contributed by atoms with Crippen LogP contribution in [0.1, 0.15) is 49.7 Å². The molecule has 2 N–H and O–H groups in total. The van der Waals surface area contributed by atoms with Crippen LogP contribution < -0.4 is 10.6 Å². The second-order valence-corrected chi connectivity index (χ2v) is 10.8. The van der Waals surface area contributed by atoms with Gasteiger partial charge in [-0.3, -0.25) is 14.4 Å². The average molecular weight is 576 g/mol. The first kappa shape index (κ1) is 29.5. The molecule has 1 saturated carbocycles. The molecular formula is C29H32ClF2N3O5. The third-order valence-electron chi connectivity index (χ3n) is 7.32. The number of hydrogen-bond donors (Lipinski definition) is 2. The van der Waals surface area contributed by atoms with Crippen LogP contribution in [0.2, 0.25) is 5.02 Å². The molecule has 3 amide bonds. The van der Waals surface area contributed by atoms with Crippen molar-refractivity contribution in [3.63, 3.8) is 0 Å². The molecule has 214 valence electrons. The lowest BCUT2D eigenvalue weighted by Gasteiger charge is -2.26. The van der Waals surface area contributed by atoms with Crippen molar-refractivity contribution in [1.82, 2.24) is 15.5 Å². The fourth-order valence-electron chi connectivity index (χ4n) is 4.93. The molecule has 4 rings (SSSR count).